The molecule has 0 aromatic carbocycles. The van der Waals surface area contributed by atoms with E-state index in [2.05, 4.69) is 25.4 Å². The summed E-state index contributed by atoms with van der Waals surface area (Å²) in [5.74, 6) is 2.00. The fourth-order valence-corrected chi connectivity index (χ4v) is 3.56. The number of aliphatic hydroxyl groups is 1. The van der Waals surface area contributed by atoms with Crippen LogP contribution >= 0.6 is 11.3 Å². The molecule has 0 bridgehead atoms. The number of urea groups is 1. The van der Waals surface area contributed by atoms with Crippen molar-refractivity contribution in [2.75, 3.05) is 13.1 Å². The van der Waals surface area contributed by atoms with Crippen LogP contribution in [-0.4, -0.2) is 39.0 Å². The quantitative estimate of drug-likeness (QED) is 0.739. The average Bonchev–Trinajstić information content (AvgIpc) is 3.18. The lowest BCUT2D eigenvalue weighted by Crippen LogP contribution is -2.38. The number of hydrogen-bond donors (Lipinski definition) is 3. The third-order valence-electron chi connectivity index (χ3n) is 4.20. The number of aryl methyl sites for hydroxylation is 1. The van der Waals surface area contributed by atoms with Gasteiger partial charge < -0.3 is 20.3 Å². The number of nitrogens with zero attached hydrogens (tertiary/aromatic N) is 3. The molecular formula is C16H23N5O2S. The summed E-state index contributed by atoms with van der Waals surface area (Å²) in [6.45, 7) is 1.66. The lowest BCUT2D eigenvalue weighted by Gasteiger charge is -2.12. The number of amides is 2. The van der Waals surface area contributed by atoms with Crippen molar-refractivity contribution >= 4 is 17.4 Å². The van der Waals surface area contributed by atoms with E-state index in [1.54, 1.807) is 0 Å². The normalized spacial score (nSPS) is 15.4. The number of hydrogen-bond acceptors (Lipinski definition) is 5. The maximum Gasteiger partial charge on any atom is 0.314 e. The summed E-state index contributed by atoms with van der Waals surface area (Å²) >= 11 is 1.52. The Hall–Kier alpha value is -1.93. The first kappa shape index (κ1) is 16.9. The molecule has 2 aromatic heterocycles. The van der Waals surface area contributed by atoms with E-state index >= 15 is 0 Å². The van der Waals surface area contributed by atoms with Crippen molar-refractivity contribution in [1.29, 1.82) is 0 Å². The Morgan fingerprint density at radius 3 is 3.08 bits per heavy atom. The van der Waals surface area contributed by atoms with Crippen molar-refractivity contribution in [2.45, 2.75) is 44.8 Å². The third-order valence-corrected chi connectivity index (χ3v) is 4.91. The molecule has 2 aromatic rings. The minimum absolute atomic E-state index is 0.197. The van der Waals surface area contributed by atoms with Gasteiger partial charge in [0.1, 0.15) is 11.6 Å². The van der Waals surface area contributed by atoms with Crippen LogP contribution in [0.15, 0.2) is 16.8 Å². The number of carbonyl (C=O) groups excluding carboxylic acids is 1. The summed E-state index contributed by atoms with van der Waals surface area (Å²) in [5.41, 5.74) is 0.825. The smallest absolute Gasteiger partial charge is 0.314 e. The molecule has 0 saturated heterocycles. The van der Waals surface area contributed by atoms with Crippen LogP contribution in [0, 0.1) is 0 Å². The molecule has 3 N–H and O–H groups in total. The predicted molar refractivity (Wildman–Crippen MR) is 92.0 cm³/mol. The first-order valence-corrected chi connectivity index (χ1v) is 9.31. The molecule has 1 aliphatic heterocycles. The summed E-state index contributed by atoms with van der Waals surface area (Å²) in [5, 5.41) is 27.7. The molecule has 0 aliphatic carbocycles. The summed E-state index contributed by atoms with van der Waals surface area (Å²) in [6, 6.07) is 1.58. The highest BCUT2D eigenvalue weighted by molar-refractivity contribution is 7.07. The number of aliphatic hydroxyl groups excluding tert-OH is 1. The van der Waals surface area contributed by atoms with Gasteiger partial charge in [0.2, 0.25) is 0 Å². The Morgan fingerprint density at radius 2 is 2.25 bits per heavy atom. The molecule has 7 nitrogen and oxygen atoms in total. The van der Waals surface area contributed by atoms with Crippen LogP contribution in [0.4, 0.5) is 4.79 Å². The molecule has 0 spiro atoms. The van der Waals surface area contributed by atoms with E-state index in [4.69, 9.17) is 0 Å². The average molecular weight is 349 g/mol. The number of rotatable bonds is 6. The maximum absolute atomic E-state index is 11.8. The van der Waals surface area contributed by atoms with Gasteiger partial charge in [-0.1, -0.05) is 6.42 Å². The van der Waals surface area contributed by atoms with Gasteiger partial charge in [-0.3, -0.25) is 0 Å². The molecule has 1 atom stereocenters. The maximum atomic E-state index is 11.8. The molecule has 3 heterocycles. The van der Waals surface area contributed by atoms with E-state index < -0.39 is 6.10 Å². The largest absolute Gasteiger partial charge is 0.387 e. The Labute approximate surface area is 145 Å². The van der Waals surface area contributed by atoms with Gasteiger partial charge >= 0.3 is 6.03 Å². The van der Waals surface area contributed by atoms with Crippen molar-refractivity contribution < 1.29 is 9.90 Å². The van der Waals surface area contributed by atoms with Crippen LogP contribution in [0.25, 0.3) is 0 Å². The van der Waals surface area contributed by atoms with E-state index in [1.807, 2.05) is 16.8 Å². The van der Waals surface area contributed by atoms with E-state index in [0.29, 0.717) is 13.0 Å². The van der Waals surface area contributed by atoms with E-state index in [1.165, 1.54) is 24.2 Å². The lowest BCUT2D eigenvalue weighted by atomic mass is 10.2. The molecular weight excluding hydrogens is 326 g/mol. The first-order chi connectivity index (χ1) is 11.7. The second kappa shape index (κ2) is 8.25. The van der Waals surface area contributed by atoms with Crippen LogP contribution in [0.1, 0.15) is 42.6 Å². The molecule has 0 fully saturated rings. The van der Waals surface area contributed by atoms with E-state index in [-0.39, 0.29) is 12.6 Å². The summed E-state index contributed by atoms with van der Waals surface area (Å²) in [4.78, 5) is 11.8. The molecule has 1 aliphatic rings. The van der Waals surface area contributed by atoms with Gasteiger partial charge in [-0.25, -0.2) is 4.79 Å². The molecule has 2 amide bonds. The Balaban J connectivity index is 1.40. The fourth-order valence-electron chi connectivity index (χ4n) is 2.85. The number of thiophene rings is 1. The standard InChI is InChI=1S/C16H23N5O2S/c22-13(12-6-9-24-11-12)10-18-16(23)17-7-5-15-20-19-14-4-2-1-3-8-21(14)15/h6,9,11,13,22H,1-5,7-8,10H2,(H2,17,18,23). The van der Waals surface area contributed by atoms with Crippen LogP contribution < -0.4 is 10.6 Å². The number of fused-ring (bicyclic) bond motifs is 1. The zero-order chi connectivity index (χ0) is 16.8. The van der Waals surface area contributed by atoms with E-state index in [9.17, 15) is 9.90 Å². The minimum Gasteiger partial charge on any atom is -0.387 e. The molecule has 0 saturated carbocycles. The minimum atomic E-state index is -0.672. The predicted octanol–water partition coefficient (Wildman–Crippen LogP) is 1.64. The van der Waals surface area contributed by atoms with Gasteiger partial charge in [0.05, 0.1) is 6.10 Å². The molecule has 3 rings (SSSR count). The highest BCUT2D eigenvalue weighted by atomic mass is 32.1. The van der Waals surface area contributed by atoms with Gasteiger partial charge in [0.15, 0.2) is 0 Å². The number of aromatic nitrogens is 3. The molecule has 130 valence electrons. The van der Waals surface area contributed by atoms with Crippen molar-refractivity contribution in [3.8, 4) is 0 Å². The van der Waals surface area contributed by atoms with Crippen LogP contribution in [0.3, 0.4) is 0 Å². The van der Waals surface area contributed by atoms with Gasteiger partial charge in [0, 0.05) is 32.5 Å². The third kappa shape index (κ3) is 4.33. The highest BCUT2D eigenvalue weighted by Gasteiger charge is 2.14. The monoisotopic (exact) mass is 349 g/mol. The number of carbonyl (C=O) groups is 1. The highest BCUT2D eigenvalue weighted by Crippen LogP contribution is 2.15. The Kier molecular flexibility index (Phi) is 5.81. The first-order valence-electron chi connectivity index (χ1n) is 8.37. The van der Waals surface area contributed by atoms with Crippen molar-refractivity contribution in [3.63, 3.8) is 0 Å². The zero-order valence-electron chi connectivity index (χ0n) is 13.6. The van der Waals surface area contributed by atoms with Crippen molar-refractivity contribution in [1.82, 2.24) is 25.4 Å². The van der Waals surface area contributed by atoms with E-state index in [0.717, 1.165) is 36.6 Å². The second-order valence-corrected chi connectivity index (χ2v) is 6.73. The Morgan fingerprint density at radius 1 is 1.33 bits per heavy atom. The van der Waals surface area contributed by atoms with Gasteiger partial charge in [-0.2, -0.15) is 11.3 Å². The van der Waals surface area contributed by atoms with Gasteiger partial charge in [-0.15, -0.1) is 10.2 Å². The fraction of sp³-hybridized carbons (Fsp3) is 0.562. The van der Waals surface area contributed by atoms with Crippen molar-refractivity contribution in [2.24, 2.45) is 0 Å². The van der Waals surface area contributed by atoms with Crippen LogP contribution in [0.5, 0.6) is 0 Å². The van der Waals surface area contributed by atoms with Crippen molar-refractivity contribution in [3.05, 3.63) is 34.0 Å². The molecule has 1 unspecified atom stereocenters. The summed E-state index contributed by atoms with van der Waals surface area (Å²) in [7, 11) is 0. The second-order valence-electron chi connectivity index (χ2n) is 5.95. The Bertz CT molecular complexity index is 655. The topological polar surface area (TPSA) is 92.1 Å². The summed E-state index contributed by atoms with van der Waals surface area (Å²) in [6.07, 6.45) is 4.54. The van der Waals surface area contributed by atoms with Crippen LogP contribution in [-0.2, 0) is 19.4 Å². The van der Waals surface area contributed by atoms with Gasteiger partial charge in [-0.05, 0) is 35.2 Å². The number of nitrogens with one attached hydrogen (secondary N) is 2. The molecule has 8 heteroatoms. The lowest BCUT2D eigenvalue weighted by molar-refractivity contribution is 0.173. The van der Waals surface area contributed by atoms with Crippen LogP contribution in [0.2, 0.25) is 0 Å². The SMILES string of the molecule is O=C(NCCc1nnc2n1CCCCC2)NCC(O)c1ccsc1. The zero-order valence-corrected chi connectivity index (χ0v) is 14.4. The van der Waals surface area contributed by atoms with Gasteiger partial charge in [0.25, 0.3) is 0 Å². The molecule has 24 heavy (non-hydrogen) atoms. The molecule has 0 radical (unpaired) electrons. The summed E-state index contributed by atoms with van der Waals surface area (Å²) < 4.78 is 2.19.